The molecule has 0 fully saturated rings. The van der Waals surface area contributed by atoms with Gasteiger partial charge in [-0.2, -0.15) is 0 Å². The van der Waals surface area contributed by atoms with Gasteiger partial charge >= 0.3 is 7.82 Å². The van der Waals surface area contributed by atoms with E-state index in [-0.39, 0.29) is 19.1 Å². The molecular weight excluding hydrogens is 1070 g/mol. The van der Waals surface area contributed by atoms with Gasteiger partial charge in [-0.05, 0) is 122 Å². The zero-order chi connectivity index (χ0) is 61.9. The van der Waals surface area contributed by atoms with Crippen LogP contribution in [-0.2, 0) is 18.4 Å². The standard InChI is InChI=1S/C76H129N2O6P/c1-6-8-10-12-14-16-18-20-22-24-26-28-30-32-34-36-37-38-39-40-41-42-44-46-48-50-52-54-56-58-60-62-64-66-68-70-76(80)77-74(73-84-85(81,82)83-72-71-78(3,4)5)75(79)69-67-65-63-61-59-57-55-53-51-49-47-45-43-35-33-31-29-27-25-23-21-19-17-15-13-11-9-7-2/h8,10,14,16,20,22,26,28,32,34,37-38,40-41,44,46,50-53,56,58-59,61,67,69,74-75,79H,6-7,9,11-13,15,17-19,21,23-25,27,29-31,33,35-36,39,42-43,45,47-49,54-55,57,60,62-66,68,70-73H2,1-5H3,(H-,77,80,81,82)/p+1/b10-8-,16-14-,22-20-,28-26-,34-32-,38-37-,41-40-,46-44-,52-50-,53-51+,58-56-,61-59+,69-67+. The Morgan fingerprint density at radius 1 is 0.412 bits per heavy atom. The quantitative estimate of drug-likeness (QED) is 0.0243. The van der Waals surface area contributed by atoms with E-state index >= 15 is 0 Å². The number of nitrogens with one attached hydrogen (secondary N) is 1. The van der Waals surface area contributed by atoms with Crippen LogP contribution in [0.4, 0.5) is 0 Å². The number of unbranched alkanes of at least 4 members (excludes halogenated alkanes) is 24. The SMILES string of the molecule is CC/C=C\C/C=C\C/C=C\C/C=C\C/C=C\C/C=C\C/C=C\C/C=C\C/C=C\C/C=C\CCCCCCC(=O)NC(COP(=O)(O)OCC[N+](C)(C)C)C(O)/C=C/CC/C=C/CC/C=C/CCCCCCCCCCCCCCCCCCCC. The van der Waals surface area contributed by atoms with Crippen LogP contribution in [0.15, 0.2) is 158 Å². The molecule has 484 valence electrons. The third-order valence-corrected chi connectivity index (χ3v) is 15.4. The van der Waals surface area contributed by atoms with E-state index in [1.165, 1.54) is 122 Å². The van der Waals surface area contributed by atoms with Crippen molar-refractivity contribution in [1.29, 1.82) is 0 Å². The molecule has 0 aromatic heterocycles. The molecule has 0 aliphatic rings. The molecule has 3 unspecified atom stereocenters. The van der Waals surface area contributed by atoms with Gasteiger partial charge in [-0.15, -0.1) is 0 Å². The Balaban J connectivity index is 4.29. The monoisotopic (exact) mass is 1200 g/mol. The van der Waals surface area contributed by atoms with Crippen LogP contribution in [0.2, 0.25) is 0 Å². The third kappa shape index (κ3) is 67.5. The van der Waals surface area contributed by atoms with Crippen LogP contribution in [0.1, 0.15) is 264 Å². The summed E-state index contributed by atoms with van der Waals surface area (Å²) in [6.07, 6.45) is 101. The van der Waals surface area contributed by atoms with Crippen LogP contribution in [0.5, 0.6) is 0 Å². The first-order chi connectivity index (χ1) is 41.5. The molecule has 0 aromatic rings. The van der Waals surface area contributed by atoms with Crippen LogP contribution >= 0.6 is 7.82 Å². The van der Waals surface area contributed by atoms with Crippen molar-refractivity contribution in [3.63, 3.8) is 0 Å². The zero-order valence-corrected chi connectivity index (χ0v) is 56.2. The molecule has 0 aliphatic heterocycles. The van der Waals surface area contributed by atoms with Gasteiger partial charge in [0.25, 0.3) is 0 Å². The summed E-state index contributed by atoms with van der Waals surface area (Å²) in [5.74, 6) is -0.220. The van der Waals surface area contributed by atoms with E-state index in [0.717, 1.165) is 122 Å². The van der Waals surface area contributed by atoms with E-state index in [0.29, 0.717) is 17.4 Å². The molecule has 0 radical (unpaired) electrons. The highest BCUT2D eigenvalue weighted by Gasteiger charge is 2.27. The smallest absolute Gasteiger partial charge is 0.387 e. The zero-order valence-electron chi connectivity index (χ0n) is 55.3. The molecule has 0 aliphatic carbocycles. The number of hydrogen-bond donors (Lipinski definition) is 3. The minimum Gasteiger partial charge on any atom is -0.387 e. The average molecular weight is 1200 g/mol. The van der Waals surface area contributed by atoms with Crippen LogP contribution in [0.25, 0.3) is 0 Å². The summed E-state index contributed by atoms with van der Waals surface area (Å²) in [5.41, 5.74) is 0. The van der Waals surface area contributed by atoms with Gasteiger partial charge in [-0.25, -0.2) is 4.57 Å². The van der Waals surface area contributed by atoms with Crippen LogP contribution in [0, 0.1) is 0 Å². The second kappa shape index (κ2) is 64.6. The summed E-state index contributed by atoms with van der Waals surface area (Å²) in [7, 11) is 1.51. The highest BCUT2D eigenvalue weighted by Crippen LogP contribution is 2.43. The van der Waals surface area contributed by atoms with Gasteiger partial charge in [-0.3, -0.25) is 13.8 Å². The van der Waals surface area contributed by atoms with Crippen molar-refractivity contribution in [2.24, 2.45) is 0 Å². The lowest BCUT2D eigenvalue weighted by molar-refractivity contribution is -0.870. The summed E-state index contributed by atoms with van der Waals surface area (Å²) >= 11 is 0. The van der Waals surface area contributed by atoms with Crippen molar-refractivity contribution in [2.45, 2.75) is 276 Å². The van der Waals surface area contributed by atoms with Crippen molar-refractivity contribution >= 4 is 13.7 Å². The number of likely N-dealkylation sites (N-methyl/N-ethyl adjacent to an activating group) is 1. The first kappa shape index (κ1) is 81.1. The molecular formula is C76H130N2O6P+. The number of allylic oxidation sites excluding steroid dienone is 25. The second-order valence-corrected chi connectivity index (χ2v) is 25.3. The summed E-state index contributed by atoms with van der Waals surface area (Å²) in [4.78, 5) is 23.4. The number of rotatable bonds is 61. The third-order valence-electron chi connectivity index (χ3n) is 14.5. The molecule has 9 heteroatoms. The summed E-state index contributed by atoms with van der Waals surface area (Å²) < 4.78 is 23.8. The summed E-state index contributed by atoms with van der Waals surface area (Å²) in [6.45, 7) is 4.65. The molecule has 85 heavy (non-hydrogen) atoms. The normalized spacial score (nSPS) is 14.7. The van der Waals surface area contributed by atoms with E-state index in [4.69, 9.17) is 9.05 Å². The Labute approximate surface area is 524 Å². The summed E-state index contributed by atoms with van der Waals surface area (Å²) in [6, 6.07) is -0.898. The molecule has 3 N–H and O–H groups in total. The average Bonchev–Trinajstić information content (AvgIpc) is 3.48. The fourth-order valence-electron chi connectivity index (χ4n) is 9.16. The Morgan fingerprint density at radius 2 is 0.718 bits per heavy atom. The molecule has 0 aromatic carbocycles. The van der Waals surface area contributed by atoms with E-state index in [2.05, 4.69) is 165 Å². The molecule has 1 amide bonds. The van der Waals surface area contributed by atoms with Crippen molar-refractivity contribution in [1.82, 2.24) is 5.32 Å². The Morgan fingerprint density at radius 3 is 1.08 bits per heavy atom. The lowest BCUT2D eigenvalue weighted by Crippen LogP contribution is -2.45. The maximum absolute atomic E-state index is 13.0. The maximum atomic E-state index is 13.0. The highest BCUT2D eigenvalue weighted by molar-refractivity contribution is 7.47. The molecule has 0 saturated carbocycles. The lowest BCUT2D eigenvalue weighted by atomic mass is 10.0. The molecule has 0 spiro atoms. The van der Waals surface area contributed by atoms with Crippen molar-refractivity contribution in [3.8, 4) is 0 Å². The number of quaternary nitrogens is 1. The van der Waals surface area contributed by atoms with Gasteiger partial charge in [0.2, 0.25) is 5.91 Å². The van der Waals surface area contributed by atoms with Gasteiger partial charge < -0.3 is 19.8 Å². The van der Waals surface area contributed by atoms with E-state index < -0.39 is 20.0 Å². The number of phosphoric acid groups is 1. The Hall–Kier alpha value is -3.88. The molecule has 0 saturated heterocycles. The van der Waals surface area contributed by atoms with Crippen LogP contribution < -0.4 is 5.32 Å². The van der Waals surface area contributed by atoms with E-state index in [1.54, 1.807) is 6.08 Å². The van der Waals surface area contributed by atoms with Gasteiger partial charge in [0.1, 0.15) is 13.2 Å². The molecule has 8 nitrogen and oxygen atoms in total. The van der Waals surface area contributed by atoms with Gasteiger partial charge in [0.05, 0.1) is 39.9 Å². The number of aliphatic hydroxyl groups is 1. The van der Waals surface area contributed by atoms with Crippen LogP contribution in [0.3, 0.4) is 0 Å². The van der Waals surface area contributed by atoms with Crippen LogP contribution in [-0.4, -0.2) is 73.4 Å². The van der Waals surface area contributed by atoms with Crippen molar-refractivity contribution < 1.29 is 32.9 Å². The lowest BCUT2D eigenvalue weighted by Gasteiger charge is -2.25. The second-order valence-electron chi connectivity index (χ2n) is 23.8. The molecule has 0 heterocycles. The fourth-order valence-corrected chi connectivity index (χ4v) is 9.90. The number of amides is 1. The minimum atomic E-state index is -4.39. The molecule has 0 bridgehead atoms. The van der Waals surface area contributed by atoms with Gasteiger partial charge in [-0.1, -0.05) is 294 Å². The predicted molar refractivity (Wildman–Crippen MR) is 373 cm³/mol. The minimum absolute atomic E-state index is 0.0393. The number of carbonyl (C=O) groups is 1. The number of nitrogens with zero attached hydrogens (tertiary/aromatic N) is 1. The van der Waals surface area contributed by atoms with Crippen molar-refractivity contribution in [3.05, 3.63) is 158 Å². The number of hydrogen-bond acceptors (Lipinski definition) is 5. The first-order valence-electron chi connectivity index (χ1n) is 34.4. The molecule has 0 rings (SSSR count). The maximum Gasteiger partial charge on any atom is 0.472 e. The first-order valence-corrected chi connectivity index (χ1v) is 35.9. The topological polar surface area (TPSA) is 105 Å². The summed E-state index contributed by atoms with van der Waals surface area (Å²) in [5, 5.41) is 13.9. The fraction of sp³-hybridized carbons (Fsp3) is 0.645. The van der Waals surface area contributed by atoms with E-state index in [9.17, 15) is 19.4 Å². The number of carbonyl (C=O) groups excluding carboxylic acids is 1. The van der Waals surface area contributed by atoms with Crippen molar-refractivity contribution in [2.75, 3.05) is 40.9 Å². The predicted octanol–water partition coefficient (Wildman–Crippen LogP) is 22.2. The Bertz CT molecular complexity index is 1940. The Kier molecular flexibility index (Phi) is 61.6. The van der Waals surface area contributed by atoms with Gasteiger partial charge in [0, 0.05) is 6.42 Å². The number of aliphatic hydroxyl groups excluding tert-OH is 1. The van der Waals surface area contributed by atoms with E-state index in [1.807, 2.05) is 27.2 Å². The highest BCUT2D eigenvalue weighted by atomic mass is 31.2. The van der Waals surface area contributed by atoms with Gasteiger partial charge in [0.15, 0.2) is 0 Å². The molecule has 3 atom stereocenters. The largest absolute Gasteiger partial charge is 0.472 e. The number of phosphoric ester groups is 1.